The molecule has 196 valence electrons. The molecule has 9 heteroatoms. The average molecular weight is 508 g/mol. The molecule has 8 nitrogen and oxygen atoms in total. The highest BCUT2D eigenvalue weighted by atomic mass is 32.2. The number of rotatable bonds is 3. The van der Waals surface area contributed by atoms with Gasteiger partial charge in [-0.15, -0.1) is 0 Å². The van der Waals surface area contributed by atoms with Gasteiger partial charge in [0.05, 0.1) is 25.4 Å². The molecule has 3 heterocycles. The van der Waals surface area contributed by atoms with Gasteiger partial charge in [0.15, 0.2) is 0 Å². The Morgan fingerprint density at radius 2 is 1.86 bits per heavy atom. The van der Waals surface area contributed by atoms with Crippen LogP contribution in [0.5, 0.6) is 5.75 Å². The summed E-state index contributed by atoms with van der Waals surface area (Å²) in [6.07, 6.45) is 7.79. The monoisotopic (exact) mass is 507 g/mol. The molecule has 4 bridgehead atoms. The Bertz CT molecular complexity index is 961. The Morgan fingerprint density at radius 1 is 1.09 bits per heavy atom. The van der Waals surface area contributed by atoms with Crippen LogP contribution in [0.25, 0.3) is 0 Å². The van der Waals surface area contributed by atoms with Crippen LogP contribution in [0.3, 0.4) is 0 Å². The molecule has 2 fully saturated rings. The molecule has 3 aliphatic heterocycles. The summed E-state index contributed by atoms with van der Waals surface area (Å²) in [5.41, 5.74) is 1.33. The number of benzene rings is 1. The van der Waals surface area contributed by atoms with Crippen molar-refractivity contribution in [3.05, 3.63) is 29.8 Å². The summed E-state index contributed by atoms with van der Waals surface area (Å²) in [5, 5.41) is 0. The molecule has 4 aliphatic rings. The van der Waals surface area contributed by atoms with Crippen molar-refractivity contribution in [2.75, 3.05) is 27.3 Å². The van der Waals surface area contributed by atoms with E-state index in [4.69, 9.17) is 9.47 Å². The zero-order valence-corrected chi connectivity index (χ0v) is 22.1. The van der Waals surface area contributed by atoms with Gasteiger partial charge in [-0.3, -0.25) is 4.79 Å². The number of hydrogen-bond acceptors (Lipinski definition) is 5. The average Bonchev–Trinajstić information content (AvgIpc) is 3.13. The van der Waals surface area contributed by atoms with E-state index >= 15 is 0 Å². The van der Waals surface area contributed by atoms with Crippen molar-refractivity contribution in [1.82, 2.24) is 13.9 Å². The minimum Gasteiger partial charge on any atom is -0.494 e. The van der Waals surface area contributed by atoms with Crippen LogP contribution >= 0.6 is 0 Å². The molecular formula is C26H41N3O5S. The molecular weight excluding hydrogens is 466 g/mol. The van der Waals surface area contributed by atoms with Gasteiger partial charge in [0.1, 0.15) is 5.75 Å². The molecule has 1 aliphatic carbocycles. The topological polar surface area (TPSA) is 88.2 Å². The maximum atomic E-state index is 13.3. The lowest BCUT2D eigenvalue weighted by molar-refractivity contribution is -0.136. The third kappa shape index (κ3) is 6.56. The van der Waals surface area contributed by atoms with Crippen LogP contribution < -0.4 is 9.46 Å². The Morgan fingerprint density at radius 3 is 2.60 bits per heavy atom. The molecule has 1 N–H and O–H groups in total. The van der Waals surface area contributed by atoms with Crippen molar-refractivity contribution in [1.29, 1.82) is 0 Å². The van der Waals surface area contributed by atoms with Crippen molar-refractivity contribution >= 4 is 16.1 Å². The van der Waals surface area contributed by atoms with Gasteiger partial charge in [0.25, 0.3) is 10.2 Å². The Balaban J connectivity index is 1.51. The van der Waals surface area contributed by atoms with E-state index in [1.807, 2.05) is 17.9 Å². The van der Waals surface area contributed by atoms with Gasteiger partial charge in [-0.1, -0.05) is 12.1 Å². The van der Waals surface area contributed by atoms with E-state index in [9.17, 15) is 13.2 Å². The van der Waals surface area contributed by atoms with Crippen molar-refractivity contribution in [2.24, 2.45) is 0 Å². The first kappa shape index (κ1) is 26.4. The maximum absolute atomic E-state index is 13.3. The van der Waals surface area contributed by atoms with Gasteiger partial charge < -0.3 is 14.4 Å². The number of fused-ring (bicyclic) bond motifs is 9. The second-order valence-electron chi connectivity index (χ2n) is 10.5. The number of hydrogen-bond donors (Lipinski definition) is 1. The summed E-state index contributed by atoms with van der Waals surface area (Å²) in [5.74, 6) is 1.51. The first-order valence-electron chi connectivity index (χ1n) is 13.1. The number of carbonyl (C=O) groups is 1. The molecule has 3 atom stereocenters. The summed E-state index contributed by atoms with van der Waals surface area (Å²) in [6.45, 7) is 3.01. The third-order valence-corrected chi connectivity index (χ3v) is 9.33. The smallest absolute Gasteiger partial charge is 0.279 e. The molecule has 3 unspecified atom stereocenters. The lowest BCUT2D eigenvalue weighted by atomic mass is 9.82. The molecule has 0 radical (unpaired) electrons. The van der Waals surface area contributed by atoms with Gasteiger partial charge in [0, 0.05) is 32.6 Å². The van der Waals surface area contributed by atoms with Crippen molar-refractivity contribution in [3.63, 3.8) is 0 Å². The van der Waals surface area contributed by atoms with Crippen LogP contribution in [0, 0.1) is 0 Å². The number of nitrogens with one attached hydrogen (secondary N) is 1. The van der Waals surface area contributed by atoms with Gasteiger partial charge in [-0.05, 0) is 81.9 Å². The van der Waals surface area contributed by atoms with Crippen LogP contribution in [0.2, 0.25) is 0 Å². The fourth-order valence-corrected chi connectivity index (χ4v) is 6.59. The van der Waals surface area contributed by atoms with Gasteiger partial charge in [-0.25, -0.2) is 0 Å². The van der Waals surface area contributed by atoms with E-state index in [1.54, 1.807) is 0 Å². The van der Waals surface area contributed by atoms with E-state index in [-0.39, 0.29) is 30.1 Å². The normalized spacial score (nSPS) is 31.0. The highest BCUT2D eigenvalue weighted by molar-refractivity contribution is 7.87. The van der Waals surface area contributed by atoms with Crippen LogP contribution in [0.15, 0.2) is 24.3 Å². The van der Waals surface area contributed by atoms with E-state index in [1.165, 1.54) is 24.0 Å². The fourth-order valence-electron chi connectivity index (χ4n) is 5.74. The number of nitrogens with zero attached hydrogens (tertiary/aromatic N) is 2. The first-order valence-corrected chi connectivity index (χ1v) is 14.5. The minimum absolute atomic E-state index is 0.0411. The van der Waals surface area contributed by atoms with Gasteiger partial charge >= 0.3 is 0 Å². The first-order chi connectivity index (χ1) is 16.7. The Kier molecular flexibility index (Phi) is 8.73. The Hall–Kier alpha value is -1.68. The van der Waals surface area contributed by atoms with Crippen LogP contribution in [-0.2, 0) is 19.7 Å². The molecule has 0 spiro atoms. The largest absolute Gasteiger partial charge is 0.494 e. The summed E-state index contributed by atoms with van der Waals surface area (Å²) in [6, 6.07) is 7.77. The van der Waals surface area contributed by atoms with Crippen molar-refractivity contribution in [2.45, 2.75) is 94.9 Å². The van der Waals surface area contributed by atoms with E-state index in [0.717, 1.165) is 50.7 Å². The SMILES string of the molecule is CC1CC(NS(=O)(=O)N(C)C)C2COC3CCC(CC3)c3cccc(c3)OCCCCCC(=O)N12. The number of carbonyl (C=O) groups excluding carboxylic acids is 1. The van der Waals surface area contributed by atoms with Crippen molar-refractivity contribution < 1.29 is 22.7 Å². The predicted molar refractivity (Wildman–Crippen MR) is 136 cm³/mol. The lowest BCUT2D eigenvalue weighted by Gasteiger charge is -2.34. The predicted octanol–water partition coefficient (Wildman–Crippen LogP) is 3.44. The van der Waals surface area contributed by atoms with Gasteiger partial charge in [0.2, 0.25) is 5.91 Å². The summed E-state index contributed by atoms with van der Waals surface area (Å²) in [4.78, 5) is 15.2. The van der Waals surface area contributed by atoms with Crippen LogP contribution in [-0.4, -0.2) is 75.1 Å². The summed E-state index contributed by atoms with van der Waals surface area (Å²) >= 11 is 0. The van der Waals surface area contributed by atoms with Crippen LogP contribution in [0.1, 0.15) is 76.2 Å². The highest BCUT2D eigenvalue weighted by Crippen LogP contribution is 2.36. The minimum atomic E-state index is -3.61. The molecule has 1 amide bonds. The number of amides is 1. The fraction of sp³-hybridized carbons (Fsp3) is 0.731. The lowest BCUT2D eigenvalue weighted by Crippen LogP contribution is -2.52. The third-order valence-electron chi connectivity index (χ3n) is 7.77. The van der Waals surface area contributed by atoms with E-state index < -0.39 is 10.2 Å². The summed E-state index contributed by atoms with van der Waals surface area (Å²) in [7, 11) is -0.580. The molecule has 0 aromatic heterocycles. The molecule has 5 rings (SSSR count). The van der Waals surface area contributed by atoms with E-state index in [2.05, 4.69) is 22.9 Å². The molecule has 1 saturated heterocycles. The standard InChI is InChI=1S/C26H41N3O5S/c1-19-16-24(27-35(31,32)28(2)3)25-18-34-22-13-11-20(12-14-22)21-8-7-9-23(17-21)33-15-6-4-5-10-26(30)29(19)25/h7-9,17,19-20,22,24-25,27H,4-6,10-16,18H2,1-3H3. The highest BCUT2D eigenvalue weighted by Gasteiger charge is 2.44. The maximum Gasteiger partial charge on any atom is 0.279 e. The van der Waals surface area contributed by atoms with Crippen molar-refractivity contribution in [3.8, 4) is 5.75 Å². The molecule has 1 saturated carbocycles. The van der Waals surface area contributed by atoms with E-state index in [0.29, 0.717) is 32.0 Å². The molecule has 35 heavy (non-hydrogen) atoms. The second-order valence-corrected chi connectivity index (χ2v) is 12.4. The molecule has 1 aromatic rings. The zero-order chi connectivity index (χ0) is 25.0. The summed E-state index contributed by atoms with van der Waals surface area (Å²) < 4.78 is 41.6. The quantitative estimate of drug-likeness (QED) is 0.677. The van der Waals surface area contributed by atoms with Gasteiger partial charge in [-0.2, -0.15) is 17.4 Å². The molecule has 1 aromatic carbocycles. The van der Waals surface area contributed by atoms with Crippen LogP contribution in [0.4, 0.5) is 0 Å². The Labute approximate surface area is 210 Å². The second kappa shape index (κ2) is 11.6. The zero-order valence-electron chi connectivity index (χ0n) is 21.3. The number of ether oxygens (including phenoxy) is 2.